The second-order valence-electron chi connectivity index (χ2n) is 5.03. The van der Waals surface area contributed by atoms with E-state index in [1.54, 1.807) is 19.1 Å². The Morgan fingerprint density at radius 3 is 2.68 bits per heavy atom. The lowest BCUT2D eigenvalue weighted by Gasteiger charge is -2.02. The maximum absolute atomic E-state index is 12.4. The van der Waals surface area contributed by atoms with Crippen LogP contribution in [0.5, 0.6) is 5.75 Å². The number of aromatic nitrogens is 2. The number of hydrogen-bond acceptors (Lipinski definition) is 7. The second kappa shape index (κ2) is 7.06. The van der Waals surface area contributed by atoms with Crippen LogP contribution in [0.1, 0.15) is 20.8 Å². The average Bonchev–Trinajstić information content (AvgIpc) is 2.91. The fraction of sp³-hybridized carbons (Fsp3) is 0.0667. The summed E-state index contributed by atoms with van der Waals surface area (Å²) in [5.41, 5.74) is 9.75. The number of fused-ring (bicyclic) bond motifs is 1. The molecule has 0 radical (unpaired) electrons. The van der Waals surface area contributed by atoms with Gasteiger partial charge in [-0.05, 0) is 62.0 Å². The number of nitrogens with two attached hydrogens (primary N) is 1. The highest BCUT2D eigenvalue weighted by Gasteiger charge is 2.18. The minimum absolute atomic E-state index is 0.0979. The van der Waals surface area contributed by atoms with Gasteiger partial charge in [-0.3, -0.25) is 4.79 Å². The second-order valence-corrected chi connectivity index (χ2v) is 7.74. The molecule has 0 unspecified atom stereocenters. The van der Waals surface area contributed by atoms with Gasteiger partial charge in [0.2, 0.25) is 0 Å². The summed E-state index contributed by atoms with van der Waals surface area (Å²) in [6.45, 7) is 1.80. The van der Waals surface area contributed by atoms with E-state index in [9.17, 15) is 9.90 Å². The lowest BCUT2D eigenvalue weighted by atomic mass is 10.2. The zero-order chi connectivity index (χ0) is 18.1. The summed E-state index contributed by atoms with van der Waals surface area (Å²) in [5, 5.41) is 14.3. The molecule has 2 aromatic heterocycles. The van der Waals surface area contributed by atoms with Gasteiger partial charge in [0.15, 0.2) is 0 Å². The molecule has 0 saturated carbocycles. The van der Waals surface area contributed by atoms with Crippen LogP contribution < -0.4 is 11.2 Å². The minimum Gasteiger partial charge on any atom is -0.506 e. The van der Waals surface area contributed by atoms with Gasteiger partial charge in [-0.2, -0.15) is 5.10 Å². The van der Waals surface area contributed by atoms with Crippen molar-refractivity contribution in [2.75, 3.05) is 5.73 Å². The third-order valence-corrected chi connectivity index (χ3v) is 5.79. The van der Waals surface area contributed by atoms with Gasteiger partial charge >= 0.3 is 0 Å². The highest BCUT2D eigenvalue weighted by atomic mass is 79.9. The van der Waals surface area contributed by atoms with Crippen LogP contribution in [0.15, 0.2) is 32.5 Å². The number of amides is 1. The van der Waals surface area contributed by atoms with Gasteiger partial charge in [-0.15, -0.1) is 11.3 Å². The summed E-state index contributed by atoms with van der Waals surface area (Å²) in [7, 11) is 0. The summed E-state index contributed by atoms with van der Waals surface area (Å²) in [4.78, 5) is 21.6. The van der Waals surface area contributed by atoms with Gasteiger partial charge in [0.05, 0.1) is 25.4 Å². The average molecular weight is 485 g/mol. The first-order valence-corrected chi connectivity index (χ1v) is 9.29. The van der Waals surface area contributed by atoms with Gasteiger partial charge < -0.3 is 10.8 Å². The number of nitrogen functional groups attached to an aromatic ring is 1. The number of aryl methyl sites for hydroxylation is 1. The van der Waals surface area contributed by atoms with Gasteiger partial charge in [-0.1, -0.05) is 0 Å². The zero-order valence-electron chi connectivity index (χ0n) is 12.7. The molecular formula is C15H11Br2N5O2S. The van der Waals surface area contributed by atoms with Crippen LogP contribution >= 0.6 is 43.2 Å². The lowest BCUT2D eigenvalue weighted by Crippen LogP contribution is -2.17. The number of hydrazone groups is 1. The molecule has 0 atom stereocenters. The van der Waals surface area contributed by atoms with Crippen LogP contribution in [-0.2, 0) is 0 Å². The molecule has 2 heterocycles. The SMILES string of the molecule is Cc1c(C(=O)N/N=C\c2cc(Br)c(O)c(Br)c2)sc2ncnc(N)c12. The molecule has 0 spiro atoms. The summed E-state index contributed by atoms with van der Waals surface area (Å²) in [5.74, 6) is 0.0916. The fourth-order valence-electron chi connectivity index (χ4n) is 2.19. The predicted octanol–water partition coefficient (Wildman–Crippen LogP) is 3.58. The van der Waals surface area contributed by atoms with E-state index in [-0.39, 0.29) is 11.7 Å². The Kier molecular flexibility index (Phi) is 5.02. The Labute approximate surface area is 163 Å². The van der Waals surface area contributed by atoms with Crippen LogP contribution in [0.25, 0.3) is 10.2 Å². The largest absolute Gasteiger partial charge is 0.506 e. The van der Waals surface area contributed by atoms with Gasteiger partial charge in [0, 0.05) is 0 Å². The molecule has 0 aliphatic rings. The molecule has 10 heteroatoms. The third-order valence-electron chi connectivity index (χ3n) is 3.38. The summed E-state index contributed by atoms with van der Waals surface area (Å²) < 4.78 is 1.04. The Bertz CT molecular complexity index is 996. The summed E-state index contributed by atoms with van der Waals surface area (Å²) >= 11 is 7.71. The smallest absolute Gasteiger partial charge is 0.281 e. The molecule has 7 nitrogen and oxygen atoms in total. The molecule has 3 aromatic rings. The van der Waals surface area contributed by atoms with Crippen molar-refractivity contribution in [3.05, 3.63) is 43.4 Å². The third kappa shape index (κ3) is 3.51. The maximum atomic E-state index is 12.4. The molecule has 25 heavy (non-hydrogen) atoms. The minimum atomic E-state index is -0.354. The van der Waals surface area contributed by atoms with Crippen molar-refractivity contribution < 1.29 is 9.90 Å². The van der Waals surface area contributed by atoms with E-state index in [2.05, 4.69) is 52.4 Å². The number of carbonyl (C=O) groups is 1. The first kappa shape index (κ1) is 17.8. The predicted molar refractivity (Wildman–Crippen MR) is 105 cm³/mol. The molecule has 0 aliphatic carbocycles. The number of hydrogen-bond donors (Lipinski definition) is 3. The lowest BCUT2D eigenvalue weighted by molar-refractivity contribution is 0.0958. The molecule has 1 aromatic carbocycles. The molecule has 0 aliphatic heterocycles. The quantitative estimate of drug-likeness (QED) is 0.388. The number of rotatable bonds is 3. The standard InChI is InChI=1S/C15H11Br2N5O2S/c1-6-10-13(18)19-5-20-15(10)25-12(6)14(24)22-21-4-7-2-8(16)11(23)9(17)3-7/h2-5,23H,1H3,(H,22,24)(H2,18,19,20)/b21-4-. The highest BCUT2D eigenvalue weighted by molar-refractivity contribution is 9.11. The number of thiophene rings is 1. The molecule has 0 bridgehead atoms. The topological polar surface area (TPSA) is 113 Å². The molecule has 3 rings (SSSR count). The van der Waals surface area contributed by atoms with Crippen molar-refractivity contribution in [1.82, 2.24) is 15.4 Å². The zero-order valence-corrected chi connectivity index (χ0v) is 16.7. The van der Waals surface area contributed by atoms with E-state index in [1.165, 1.54) is 23.9 Å². The van der Waals surface area contributed by atoms with Crippen molar-refractivity contribution in [3.63, 3.8) is 0 Å². The summed E-state index contributed by atoms with van der Waals surface area (Å²) in [6.07, 6.45) is 2.84. The molecule has 128 valence electrons. The Morgan fingerprint density at radius 1 is 1.36 bits per heavy atom. The van der Waals surface area contributed by atoms with Crippen LogP contribution in [0.3, 0.4) is 0 Å². The number of benzene rings is 1. The van der Waals surface area contributed by atoms with Crippen LogP contribution in [0.2, 0.25) is 0 Å². The fourth-order valence-corrected chi connectivity index (χ4v) is 4.46. The molecular weight excluding hydrogens is 474 g/mol. The van der Waals surface area contributed by atoms with Crippen molar-refractivity contribution in [1.29, 1.82) is 0 Å². The number of phenols is 1. The number of nitrogens with zero attached hydrogens (tertiary/aromatic N) is 3. The number of phenolic OH excluding ortho intramolecular Hbond substituents is 1. The van der Waals surface area contributed by atoms with E-state index < -0.39 is 0 Å². The van der Waals surface area contributed by atoms with Gasteiger partial charge in [-0.25, -0.2) is 15.4 Å². The molecule has 0 fully saturated rings. The Morgan fingerprint density at radius 2 is 2.04 bits per heavy atom. The number of carbonyl (C=O) groups excluding carboxylic acids is 1. The number of nitrogens with one attached hydrogen (secondary N) is 1. The normalized spacial score (nSPS) is 11.3. The number of halogens is 2. The van der Waals surface area contributed by atoms with E-state index in [4.69, 9.17) is 5.73 Å². The maximum Gasteiger partial charge on any atom is 0.281 e. The van der Waals surface area contributed by atoms with E-state index in [1.807, 2.05) is 0 Å². The molecule has 4 N–H and O–H groups in total. The number of aromatic hydroxyl groups is 1. The van der Waals surface area contributed by atoms with Crippen molar-refractivity contribution >= 4 is 71.4 Å². The molecule has 1 amide bonds. The highest BCUT2D eigenvalue weighted by Crippen LogP contribution is 2.33. The molecule has 0 saturated heterocycles. The van der Waals surface area contributed by atoms with E-state index in [0.29, 0.717) is 35.4 Å². The summed E-state index contributed by atoms with van der Waals surface area (Å²) in [6, 6.07) is 3.35. The monoisotopic (exact) mass is 483 g/mol. The van der Waals surface area contributed by atoms with Crippen LogP contribution in [0, 0.1) is 6.92 Å². The number of anilines is 1. The van der Waals surface area contributed by atoms with Crippen molar-refractivity contribution in [3.8, 4) is 5.75 Å². The Hall–Kier alpha value is -2.04. The first-order chi connectivity index (χ1) is 11.9. The first-order valence-electron chi connectivity index (χ1n) is 6.89. The van der Waals surface area contributed by atoms with Gasteiger partial charge in [0.25, 0.3) is 5.91 Å². The van der Waals surface area contributed by atoms with E-state index in [0.717, 1.165) is 5.56 Å². The van der Waals surface area contributed by atoms with Crippen LogP contribution in [-0.4, -0.2) is 27.2 Å². The van der Waals surface area contributed by atoms with E-state index >= 15 is 0 Å². The Balaban J connectivity index is 1.81. The van der Waals surface area contributed by atoms with Crippen molar-refractivity contribution in [2.45, 2.75) is 6.92 Å². The van der Waals surface area contributed by atoms with Crippen LogP contribution in [0.4, 0.5) is 5.82 Å². The van der Waals surface area contributed by atoms with Crippen molar-refractivity contribution in [2.24, 2.45) is 5.10 Å². The van der Waals surface area contributed by atoms with Gasteiger partial charge in [0.1, 0.15) is 22.7 Å².